The van der Waals surface area contributed by atoms with Crippen molar-refractivity contribution in [2.75, 3.05) is 19.8 Å². The first-order valence-electron chi connectivity index (χ1n) is 7.13. The highest BCUT2D eigenvalue weighted by Gasteiger charge is 2.21. The van der Waals surface area contributed by atoms with Crippen LogP contribution in [0, 0.1) is 0 Å². The van der Waals surface area contributed by atoms with Crippen LogP contribution in [-0.2, 0) is 9.47 Å². The van der Waals surface area contributed by atoms with Gasteiger partial charge in [0, 0.05) is 6.61 Å². The maximum Gasteiger partial charge on any atom is 0.104 e. The second-order valence-electron chi connectivity index (χ2n) is 4.86. The fourth-order valence-corrected chi connectivity index (χ4v) is 1.89. The molecule has 0 aliphatic carbocycles. The lowest BCUT2D eigenvalue weighted by Crippen LogP contribution is -2.02. The first-order valence-corrected chi connectivity index (χ1v) is 7.13. The molecule has 1 saturated heterocycles. The van der Waals surface area contributed by atoms with E-state index in [4.69, 9.17) is 9.47 Å². The van der Waals surface area contributed by atoms with E-state index in [1.807, 2.05) is 0 Å². The summed E-state index contributed by atoms with van der Waals surface area (Å²) in [5.41, 5.74) is 0. The van der Waals surface area contributed by atoms with Gasteiger partial charge >= 0.3 is 0 Å². The average molecular weight is 228 g/mol. The number of unbranched alkanes of at least 4 members (excludes halogenated alkanes) is 8. The number of epoxide rings is 1. The molecule has 1 rings (SSSR count). The van der Waals surface area contributed by atoms with Crippen LogP contribution in [0.2, 0.25) is 0 Å². The summed E-state index contributed by atoms with van der Waals surface area (Å²) < 4.78 is 10.6. The summed E-state index contributed by atoms with van der Waals surface area (Å²) in [4.78, 5) is 0. The van der Waals surface area contributed by atoms with Crippen molar-refractivity contribution in [1.82, 2.24) is 0 Å². The molecule has 1 fully saturated rings. The molecule has 1 aliphatic heterocycles. The van der Waals surface area contributed by atoms with Gasteiger partial charge in [0.2, 0.25) is 0 Å². The molecule has 0 spiro atoms. The number of hydrogen-bond acceptors (Lipinski definition) is 2. The van der Waals surface area contributed by atoms with Gasteiger partial charge in [-0.1, -0.05) is 58.3 Å². The Morgan fingerprint density at radius 2 is 1.50 bits per heavy atom. The van der Waals surface area contributed by atoms with Gasteiger partial charge in [-0.3, -0.25) is 0 Å². The van der Waals surface area contributed by atoms with E-state index in [2.05, 4.69) is 6.92 Å². The van der Waals surface area contributed by atoms with E-state index in [1.54, 1.807) is 0 Å². The van der Waals surface area contributed by atoms with Gasteiger partial charge in [0.25, 0.3) is 0 Å². The molecule has 0 aromatic rings. The van der Waals surface area contributed by atoms with Gasteiger partial charge in [-0.25, -0.2) is 0 Å². The zero-order valence-corrected chi connectivity index (χ0v) is 10.9. The summed E-state index contributed by atoms with van der Waals surface area (Å²) in [5, 5.41) is 0. The van der Waals surface area contributed by atoms with Crippen LogP contribution in [0.4, 0.5) is 0 Å². The highest BCUT2D eigenvalue weighted by atomic mass is 16.6. The molecule has 0 N–H and O–H groups in total. The highest BCUT2D eigenvalue weighted by molar-refractivity contribution is 4.66. The van der Waals surface area contributed by atoms with Gasteiger partial charge in [-0.15, -0.1) is 0 Å². The third-order valence-electron chi connectivity index (χ3n) is 3.10. The fraction of sp³-hybridized carbons (Fsp3) is 1.00. The van der Waals surface area contributed by atoms with Crippen molar-refractivity contribution >= 4 is 0 Å². The Morgan fingerprint density at radius 1 is 0.938 bits per heavy atom. The van der Waals surface area contributed by atoms with Gasteiger partial charge in [0.1, 0.15) is 6.10 Å². The van der Waals surface area contributed by atoms with Gasteiger partial charge in [0.05, 0.1) is 13.2 Å². The van der Waals surface area contributed by atoms with Crippen LogP contribution in [0.3, 0.4) is 0 Å². The predicted molar refractivity (Wildman–Crippen MR) is 67.8 cm³/mol. The highest BCUT2D eigenvalue weighted by Crippen LogP contribution is 2.11. The lowest BCUT2D eigenvalue weighted by atomic mass is 10.1. The zero-order chi connectivity index (χ0) is 11.5. The Morgan fingerprint density at radius 3 is 2.06 bits per heavy atom. The molecule has 0 unspecified atom stereocenters. The van der Waals surface area contributed by atoms with Gasteiger partial charge in [0.15, 0.2) is 0 Å². The monoisotopic (exact) mass is 228 g/mol. The first-order chi connectivity index (χ1) is 7.93. The Hall–Kier alpha value is -0.0800. The van der Waals surface area contributed by atoms with E-state index in [0.717, 1.165) is 19.8 Å². The smallest absolute Gasteiger partial charge is 0.104 e. The molecule has 0 bridgehead atoms. The Labute approximate surface area is 101 Å². The van der Waals surface area contributed by atoms with E-state index >= 15 is 0 Å². The SMILES string of the molecule is CCCCCCCCCCCOC[C@H]1CO1. The molecule has 0 radical (unpaired) electrons. The molecule has 96 valence electrons. The summed E-state index contributed by atoms with van der Waals surface area (Å²) in [5.74, 6) is 0. The predicted octanol–water partition coefficient (Wildman–Crippen LogP) is 3.93. The molecule has 0 aromatic carbocycles. The van der Waals surface area contributed by atoms with Crippen LogP contribution in [0.5, 0.6) is 0 Å². The third kappa shape index (κ3) is 9.17. The molecular formula is C14H28O2. The third-order valence-corrected chi connectivity index (χ3v) is 3.10. The summed E-state index contributed by atoms with van der Waals surface area (Å²) >= 11 is 0. The van der Waals surface area contributed by atoms with Crippen molar-refractivity contribution in [3.63, 3.8) is 0 Å². The van der Waals surface area contributed by atoms with Crippen LogP contribution >= 0.6 is 0 Å². The largest absolute Gasteiger partial charge is 0.379 e. The van der Waals surface area contributed by atoms with Crippen molar-refractivity contribution in [2.24, 2.45) is 0 Å². The summed E-state index contributed by atoms with van der Waals surface area (Å²) in [6.07, 6.45) is 12.8. The minimum absolute atomic E-state index is 0.429. The van der Waals surface area contributed by atoms with Crippen molar-refractivity contribution in [1.29, 1.82) is 0 Å². The van der Waals surface area contributed by atoms with Crippen molar-refractivity contribution in [3.8, 4) is 0 Å². The molecule has 2 heteroatoms. The molecule has 0 saturated carbocycles. The molecule has 2 nitrogen and oxygen atoms in total. The lowest BCUT2D eigenvalue weighted by molar-refractivity contribution is 0.113. The normalized spacial score (nSPS) is 18.9. The molecule has 1 atom stereocenters. The van der Waals surface area contributed by atoms with Crippen molar-refractivity contribution in [3.05, 3.63) is 0 Å². The second kappa shape index (κ2) is 10.1. The quantitative estimate of drug-likeness (QED) is 0.373. The van der Waals surface area contributed by atoms with Crippen LogP contribution in [0.1, 0.15) is 64.7 Å². The Kier molecular flexibility index (Phi) is 8.83. The number of rotatable bonds is 12. The zero-order valence-electron chi connectivity index (χ0n) is 10.9. The van der Waals surface area contributed by atoms with E-state index in [9.17, 15) is 0 Å². The van der Waals surface area contributed by atoms with Crippen LogP contribution in [0.15, 0.2) is 0 Å². The summed E-state index contributed by atoms with van der Waals surface area (Å²) in [7, 11) is 0. The van der Waals surface area contributed by atoms with E-state index in [1.165, 1.54) is 57.8 Å². The molecule has 0 amide bonds. The molecule has 1 aliphatic rings. The summed E-state index contributed by atoms with van der Waals surface area (Å²) in [6, 6.07) is 0. The molecular weight excluding hydrogens is 200 g/mol. The van der Waals surface area contributed by atoms with Gasteiger partial charge in [-0.2, -0.15) is 0 Å². The summed E-state index contributed by atoms with van der Waals surface area (Å²) in [6.45, 7) is 4.93. The van der Waals surface area contributed by atoms with Gasteiger partial charge in [-0.05, 0) is 6.42 Å². The van der Waals surface area contributed by atoms with Crippen LogP contribution in [-0.4, -0.2) is 25.9 Å². The lowest BCUT2D eigenvalue weighted by Gasteiger charge is -2.03. The molecule has 16 heavy (non-hydrogen) atoms. The van der Waals surface area contributed by atoms with Crippen LogP contribution < -0.4 is 0 Å². The minimum Gasteiger partial charge on any atom is -0.379 e. The van der Waals surface area contributed by atoms with Crippen LogP contribution in [0.25, 0.3) is 0 Å². The number of hydrogen-bond donors (Lipinski definition) is 0. The first kappa shape index (κ1) is 14.0. The van der Waals surface area contributed by atoms with Crippen molar-refractivity contribution < 1.29 is 9.47 Å². The number of ether oxygens (including phenoxy) is 2. The average Bonchev–Trinajstić information content (AvgIpc) is 3.10. The minimum atomic E-state index is 0.429. The van der Waals surface area contributed by atoms with Gasteiger partial charge < -0.3 is 9.47 Å². The van der Waals surface area contributed by atoms with E-state index in [0.29, 0.717) is 6.10 Å². The Balaban J connectivity index is 1.61. The second-order valence-corrected chi connectivity index (χ2v) is 4.86. The van der Waals surface area contributed by atoms with E-state index in [-0.39, 0.29) is 0 Å². The standard InChI is InChI=1S/C14H28O2/c1-2-3-4-5-6-7-8-9-10-11-15-12-14-13-16-14/h14H,2-13H2,1H3/t14-/m0/s1. The fourth-order valence-electron chi connectivity index (χ4n) is 1.89. The molecule has 0 aromatic heterocycles. The maximum absolute atomic E-state index is 5.49. The molecule has 1 heterocycles. The Bertz CT molecular complexity index is 144. The van der Waals surface area contributed by atoms with E-state index < -0.39 is 0 Å². The van der Waals surface area contributed by atoms with Crippen molar-refractivity contribution in [2.45, 2.75) is 70.8 Å². The maximum atomic E-state index is 5.49. The topological polar surface area (TPSA) is 21.8 Å².